The van der Waals surface area contributed by atoms with Gasteiger partial charge in [0, 0.05) is 18.9 Å². The van der Waals surface area contributed by atoms with Crippen LogP contribution in [-0.2, 0) is 16.1 Å². The van der Waals surface area contributed by atoms with Gasteiger partial charge in [0.15, 0.2) is 0 Å². The van der Waals surface area contributed by atoms with E-state index in [1.165, 1.54) is 0 Å². The lowest BCUT2D eigenvalue weighted by atomic mass is 10.2. The van der Waals surface area contributed by atoms with Crippen molar-refractivity contribution in [1.29, 1.82) is 5.26 Å². The monoisotopic (exact) mass is 217 g/mol. The molecular weight excluding hydrogens is 206 g/mol. The standard InChI is InChI=1S/C11H11N3O2/c12-5-10-7-16-8-11(15)14(10)6-9-1-3-13-4-2-9/h1-4,10H,6-8H2. The maximum atomic E-state index is 11.6. The first-order valence-electron chi connectivity index (χ1n) is 4.97. The number of amides is 1. The molecule has 1 aliphatic rings. The molecule has 0 radical (unpaired) electrons. The number of pyridine rings is 1. The van der Waals surface area contributed by atoms with E-state index < -0.39 is 6.04 Å². The van der Waals surface area contributed by atoms with Gasteiger partial charge in [-0.1, -0.05) is 0 Å². The van der Waals surface area contributed by atoms with Crippen LogP contribution < -0.4 is 0 Å². The lowest BCUT2D eigenvalue weighted by Crippen LogP contribution is -2.48. The van der Waals surface area contributed by atoms with Gasteiger partial charge in [0.1, 0.15) is 12.6 Å². The van der Waals surface area contributed by atoms with Gasteiger partial charge in [-0.15, -0.1) is 0 Å². The number of hydrogen-bond acceptors (Lipinski definition) is 4. The zero-order valence-electron chi connectivity index (χ0n) is 8.67. The van der Waals surface area contributed by atoms with Crippen LogP contribution in [0.1, 0.15) is 5.56 Å². The summed E-state index contributed by atoms with van der Waals surface area (Å²) in [5.41, 5.74) is 0.963. The summed E-state index contributed by atoms with van der Waals surface area (Å²) in [5, 5.41) is 8.92. The zero-order valence-corrected chi connectivity index (χ0v) is 8.67. The lowest BCUT2D eigenvalue weighted by Gasteiger charge is -2.31. The van der Waals surface area contributed by atoms with E-state index in [9.17, 15) is 4.79 Å². The second kappa shape index (κ2) is 4.73. The second-order valence-corrected chi connectivity index (χ2v) is 3.54. The van der Waals surface area contributed by atoms with Crippen molar-refractivity contribution in [2.75, 3.05) is 13.2 Å². The number of carbonyl (C=O) groups excluding carboxylic acids is 1. The van der Waals surface area contributed by atoms with Crippen LogP contribution in [0.25, 0.3) is 0 Å². The van der Waals surface area contributed by atoms with E-state index in [1.807, 2.05) is 12.1 Å². The summed E-state index contributed by atoms with van der Waals surface area (Å²) in [4.78, 5) is 17.0. The predicted octanol–water partition coefficient (Wildman–Crippen LogP) is 0.333. The van der Waals surface area contributed by atoms with Gasteiger partial charge in [-0.05, 0) is 17.7 Å². The van der Waals surface area contributed by atoms with Crippen molar-refractivity contribution < 1.29 is 9.53 Å². The summed E-state index contributed by atoms with van der Waals surface area (Å²) < 4.78 is 5.03. The Balaban J connectivity index is 2.12. The number of carbonyl (C=O) groups is 1. The molecule has 1 saturated heterocycles. The number of rotatable bonds is 2. The molecule has 0 saturated carbocycles. The molecule has 1 aromatic rings. The van der Waals surface area contributed by atoms with Crippen molar-refractivity contribution in [3.05, 3.63) is 30.1 Å². The van der Waals surface area contributed by atoms with E-state index in [1.54, 1.807) is 17.3 Å². The average Bonchev–Trinajstić information content (AvgIpc) is 2.33. The summed E-state index contributed by atoms with van der Waals surface area (Å²) in [5.74, 6) is -0.144. The molecule has 1 aromatic heterocycles. The Morgan fingerprint density at radius 3 is 3.00 bits per heavy atom. The van der Waals surface area contributed by atoms with Crippen LogP contribution in [0.2, 0.25) is 0 Å². The fourth-order valence-corrected chi connectivity index (χ4v) is 1.59. The smallest absolute Gasteiger partial charge is 0.250 e. The highest BCUT2D eigenvalue weighted by atomic mass is 16.5. The Bertz CT molecular complexity index is 413. The molecule has 1 fully saturated rings. The van der Waals surface area contributed by atoms with Crippen LogP contribution in [-0.4, -0.2) is 35.0 Å². The number of nitrogens with zero attached hydrogens (tertiary/aromatic N) is 3. The molecule has 0 spiro atoms. The molecule has 82 valence electrons. The van der Waals surface area contributed by atoms with Crippen LogP contribution in [0.3, 0.4) is 0 Å². The van der Waals surface area contributed by atoms with Crippen molar-refractivity contribution in [2.24, 2.45) is 0 Å². The predicted molar refractivity (Wildman–Crippen MR) is 55.0 cm³/mol. The normalized spacial score (nSPS) is 20.6. The van der Waals surface area contributed by atoms with Crippen molar-refractivity contribution in [3.63, 3.8) is 0 Å². The molecule has 5 heteroatoms. The molecule has 1 unspecified atom stereocenters. The van der Waals surface area contributed by atoms with E-state index in [4.69, 9.17) is 10.00 Å². The van der Waals surface area contributed by atoms with Crippen LogP contribution in [0, 0.1) is 11.3 Å². The van der Waals surface area contributed by atoms with Crippen molar-refractivity contribution in [3.8, 4) is 6.07 Å². The van der Waals surface area contributed by atoms with Crippen LogP contribution in [0.4, 0.5) is 0 Å². The minimum Gasteiger partial charge on any atom is -0.368 e. The first kappa shape index (κ1) is 10.6. The largest absolute Gasteiger partial charge is 0.368 e. The first-order valence-corrected chi connectivity index (χ1v) is 4.97. The van der Waals surface area contributed by atoms with E-state index in [0.29, 0.717) is 6.54 Å². The Labute approximate surface area is 93.3 Å². The fourth-order valence-electron chi connectivity index (χ4n) is 1.59. The Morgan fingerprint density at radius 2 is 2.31 bits per heavy atom. The van der Waals surface area contributed by atoms with Gasteiger partial charge >= 0.3 is 0 Å². The Morgan fingerprint density at radius 1 is 1.56 bits per heavy atom. The molecule has 1 amide bonds. The van der Waals surface area contributed by atoms with E-state index in [-0.39, 0.29) is 19.1 Å². The minimum atomic E-state index is -0.491. The molecule has 1 atom stereocenters. The third-order valence-electron chi connectivity index (χ3n) is 2.45. The summed E-state index contributed by atoms with van der Waals surface area (Å²) in [6, 6.07) is 5.24. The number of nitriles is 1. The Kier molecular flexibility index (Phi) is 3.13. The number of morpholine rings is 1. The minimum absolute atomic E-state index is 0.0588. The van der Waals surface area contributed by atoms with E-state index in [2.05, 4.69) is 11.1 Å². The molecule has 2 rings (SSSR count). The summed E-state index contributed by atoms with van der Waals surface area (Å²) >= 11 is 0. The van der Waals surface area contributed by atoms with Gasteiger partial charge < -0.3 is 9.64 Å². The van der Waals surface area contributed by atoms with Crippen molar-refractivity contribution in [1.82, 2.24) is 9.88 Å². The Hall–Kier alpha value is -1.93. The SMILES string of the molecule is N#CC1COCC(=O)N1Cc1ccncc1. The van der Waals surface area contributed by atoms with Crippen LogP contribution in [0.15, 0.2) is 24.5 Å². The molecular formula is C11H11N3O2. The van der Waals surface area contributed by atoms with E-state index >= 15 is 0 Å². The summed E-state index contributed by atoms with van der Waals surface area (Å²) in [6.45, 7) is 0.777. The zero-order chi connectivity index (χ0) is 11.4. The van der Waals surface area contributed by atoms with E-state index in [0.717, 1.165) is 5.56 Å². The highest BCUT2D eigenvalue weighted by Gasteiger charge is 2.28. The third-order valence-corrected chi connectivity index (χ3v) is 2.45. The highest BCUT2D eigenvalue weighted by Crippen LogP contribution is 2.12. The third kappa shape index (κ3) is 2.18. The van der Waals surface area contributed by atoms with Gasteiger partial charge in [-0.2, -0.15) is 5.26 Å². The molecule has 0 aliphatic carbocycles. The van der Waals surface area contributed by atoms with Gasteiger partial charge in [0.2, 0.25) is 5.91 Å². The average molecular weight is 217 g/mol. The summed E-state index contributed by atoms with van der Waals surface area (Å²) in [6.07, 6.45) is 3.34. The lowest BCUT2D eigenvalue weighted by molar-refractivity contribution is -0.146. The fraction of sp³-hybridized carbons (Fsp3) is 0.364. The maximum Gasteiger partial charge on any atom is 0.250 e. The summed E-state index contributed by atoms with van der Waals surface area (Å²) in [7, 11) is 0. The van der Waals surface area contributed by atoms with Gasteiger partial charge in [0.25, 0.3) is 0 Å². The van der Waals surface area contributed by atoms with Crippen molar-refractivity contribution in [2.45, 2.75) is 12.6 Å². The topological polar surface area (TPSA) is 66.2 Å². The molecule has 0 aromatic carbocycles. The molecule has 0 N–H and O–H groups in total. The molecule has 5 nitrogen and oxygen atoms in total. The molecule has 0 bridgehead atoms. The maximum absolute atomic E-state index is 11.6. The number of hydrogen-bond donors (Lipinski definition) is 0. The first-order chi connectivity index (χ1) is 7.81. The van der Waals surface area contributed by atoms with Gasteiger partial charge in [0.05, 0.1) is 12.7 Å². The highest BCUT2D eigenvalue weighted by molar-refractivity contribution is 5.78. The van der Waals surface area contributed by atoms with Crippen LogP contribution in [0.5, 0.6) is 0 Å². The quantitative estimate of drug-likeness (QED) is 0.716. The molecule has 16 heavy (non-hydrogen) atoms. The number of ether oxygens (including phenoxy) is 1. The van der Waals surface area contributed by atoms with Gasteiger partial charge in [-0.3, -0.25) is 9.78 Å². The molecule has 2 heterocycles. The van der Waals surface area contributed by atoms with Gasteiger partial charge in [-0.25, -0.2) is 0 Å². The second-order valence-electron chi connectivity index (χ2n) is 3.54. The number of aromatic nitrogens is 1. The van der Waals surface area contributed by atoms with Crippen molar-refractivity contribution >= 4 is 5.91 Å². The molecule has 1 aliphatic heterocycles. The van der Waals surface area contributed by atoms with Crippen LogP contribution >= 0.6 is 0 Å².